The smallest absolute Gasteiger partial charge is 0.417 e. The van der Waals surface area contributed by atoms with E-state index < -0.39 is 11.7 Å². The number of benzene rings is 2. The third-order valence-corrected chi connectivity index (χ3v) is 7.31. The molecule has 1 fully saturated rings. The van der Waals surface area contributed by atoms with E-state index in [0.29, 0.717) is 17.5 Å². The third-order valence-electron chi connectivity index (χ3n) is 6.33. The van der Waals surface area contributed by atoms with Gasteiger partial charge in [-0.1, -0.05) is 6.07 Å². The molecule has 3 heterocycles. The molecule has 3 aliphatic heterocycles. The number of hydrogen-bond acceptors (Lipinski definition) is 4. The van der Waals surface area contributed by atoms with Gasteiger partial charge in [0, 0.05) is 42.2 Å². The van der Waals surface area contributed by atoms with E-state index in [1.165, 1.54) is 23.9 Å². The van der Waals surface area contributed by atoms with E-state index in [9.17, 15) is 13.2 Å². The van der Waals surface area contributed by atoms with Crippen LogP contribution in [0, 0.1) is 0 Å². The van der Waals surface area contributed by atoms with Crippen molar-refractivity contribution in [3.8, 4) is 16.9 Å². The van der Waals surface area contributed by atoms with Gasteiger partial charge >= 0.3 is 6.18 Å². The predicted molar refractivity (Wildman–Crippen MR) is 111 cm³/mol. The van der Waals surface area contributed by atoms with Crippen molar-refractivity contribution in [1.29, 1.82) is 0 Å². The number of nitrogens with zero attached hydrogens (tertiary/aromatic N) is 1. The zero-order valence-corrected chi connectivity index (χ0v) is 17.0. The molecule has 0 aliphatic carbocycles. The van der Waals surface area contributed by atoms with Crippen LogP contribution < -0.4 is 15.0 Å². The van der Waals surface area contributed by atoms with Crippen LogP contribution in [-0.2, 0) is 11.9 Å². The molecule has 0 saturated carbocycles. The monoisotopic (exact) mass is 420 g/mol. The Hall–Kier alpha value is -1.86. The number of nitrogens with one attached hydrogen (secondary N) is 1. The van der Waals surface area contributed by atoms with E-state index in [1.54, 1.807) is 12.1 Å². The van der Waals surface area contributed by atoms with Crippen LogP contribution in [0.1, 0.15) is 29.0 Å². The first kappa shape index (κ1) is 19.1. The van der Waals surface area contributed by atoms with E-state index in [0.717, 1.165) is 43.6 Å². The lowest BCUT2D eigenvalue weighted by molar-refractivity contribution is -0.137. The van der Waals surface area contributed by atoms with Crippen molar-refractivity contribution in [2.24, 2.45) is 0 Å². The molecule has 0 bridgehead atoms. The van der Waals surface area contributed by atoms with Crippen LogP contribution in [0.5, 0.6) is 5.75 Å². The van der Waals surface area contributed by atoms with Crippen LogP contribution in [0.2, 0.25) is 0 Å². The van der Waals surface area contributed by atoms with E-state index in [-0.39, 0.29) is 11.3 Å². The second kappa shape index (κ2) is 7.13. The largest absolute Gasteiger partial charge is 0.497 e. The van der Waals surface area contributed by atoms with Crippen LogP contribution in [0.4, 0.5) is 18.9 Å². The first-order valence-electron chi connectivity index (χ1n) is 9.95. The second-order valence-electron chi connectivity index (χ2n) is 7.90. The van der Waals surface area contributed by atoms with Gasteiger partial charge in [0.25, 0.3) is 0 Å². The average molecular weight is 421 g/mol. The Kier molecular flexibility index (Phi) is 4.70. The minimum Gasteiger partial charge on any atom is -0.497 e. The second-order valence-corrected chi connectivity index (χ2v) is 9.00. The van der Waals surface area contributed by atoms with Gasteiger partial charge in [-0.15, -0.1) is 0 Å². The molecule has 2 atom stereocenters. The first-order chi connectivity index (χ1) is 14.0. The van der Waals surface area contributed by atoms with Crippen molar-refractivity contribution in [3.63, 3.8) is 0 Å². The molecule has 3 nitrogen and oxygen atoms in total. The molecule has 2 aromatic carbocycles. The normalized spacial score (nSPS) is 23.4. The SMILES string of the molecule is COc1ccc(-c2cc3c4c(c2)C2CNCCC2N4CCSC3)c(C(F)(F)F)c1. The lowest BCUT2D eigenvalue weighted by Gasteiger charge is -2.33. The Labute approximate surface area is 172 Å². The van der Waals surface area contributed by atoms with E-state index in [2.05, 4.69) is 10.2 Å². The summed E-state index contributed by atoms with van der Waals surface area (Å²) < 4.78 is 46.6. The Bertz CT molecular complexity index is 946. The summed E-state index contributed by atoms with van der Waals surface area (Å²) in [6, 6.07) is 8.71. The fourth-order valence-corrected chi connectivity index (χ4v) is 5.99. The molecule has 7 heteroatoms. The topological polar surface area (TPSA) is 24.5 Å². The van der Waals surface area contributed by atoms with Gasteiger partial charge in [0.1, 0.15) is 5.75 Å². The van der Waals surface area contributed by atoms with Crippen LogP contribution in [0.15, 0.2) is 30.3 Å². The molecule has 5 rings (SSSR count). The van der Waals surface area contributed by atoms with E-state index in [4.69, 9.17) is 4.74 Å². The zero-order valence-electron chi connectivity index (χ0n) is 16.2. The summed E-state index contributed by atoms with van der Waals surface area (Å²) >= 11 is 1.86. The van der Waals surface area contributed by atoms with E-state index in [1.807, 2.05) is 23.9 Å². The number of fused-ring (bicyclic) bond motifs is 3. The molecule has 1 N–H and O–H groups in total. The van der Waals surface area contributed by atoms with Crippen molar-refractivity contribution in [2.75, 3.05) is 37.4 Å². The summed E-state index contributed by atoms with van der Waals surface area (Å²) in [5.41, 5.74) is 3.89. The number of piperidine rings is 1. The lowest BCUT2D eigenvalue weighted by Crippen LogP contribution is -2.44. The van der Waals surface area contributed by atoms with Gasteiger partial charge in [-0.25, -0.2) is 0 Å². The summed E-state index contributed by atoms with van der Waals surface area (Å²) in [7, 11) is 1.39. The molecular formula is C22H23F3N2OS. The Morgan fingerprint density at radius 2 is 2.07 bits per heavy atom. The molecule has 0 aromatic heterocycles. The fourth-order valence-electron chi connectivity index (χ4n) is 5.08. The Morgan fingerprint density at radius 1 is 1.21 bits per heavy atom. The van der Waals surface area contributed by atoms with E-state index >= 15 is 0 Å². The highest BCUT2D eigenvalue weighted by Crippen LogP contribution is 2.50. The lowest BCUT2D eigenvalue weighted by atomic mass is 9.87. The van der Waals surface area contributed by atoms with Crippen molar-refractivity contribution >= 4 is 17.4 Å². The maximum Gasteiger partial charge on any atom is 0.417 e. The summed E-state index contributed by atoms with van der Waals surface area (Å²) in [5, 5.41) is 3.48. The predicted octanol–water partition coefficient (Wildman–Crippen LogP) is 4.89. The molecule has 154 valence electrons. The highest BCUT2D eigenvalue weighted by atomic mass is 32.2. The number of ether oxygens (including phenoxy) is 1. The summed E-state index contributed by atoms with van der Waals surface area (Å²) in [5.74, 6) is 2.46. The first-order valence-corrected chi connectivity index (χ1v) is 11.1. The molecule has 0 radical (unpaired) electrons. The van der Waals surface area contributed by atoms with Gasteiger partial charge in [0.2, 0.25) is 0 Å². The fraction of sp³-hybridized carbons (Fsp3) is 0.455. The third kappa shape index (κ3) is 3.19. The molecule has 2 unspecified atom stereocenters. The summed E-state index contributed by atoms with van der Waals surface area (Å²) in [6.07, 6.45) is -3.36. The number of anilines is 1. The number of rotatable bonds is 2. The van der Waals surface area contributed by atoms with Gasteiger partial charge in [-0.05, 0) is 59.5 Å². The molecule has 2 aromatic rings. The summed E-state index contributed by atoms with van der Waals surface area (Å²) in [4.78, 5) is 2.53. The van der Waals surface area contributed by atoms with Gasteiger partial charge < -0.3 is 15.0 Å². The number of thioether (sulfide) groups is 1. The van der Waals surface area contributed by atoms with Gasteiger partial charge in [-0.3, -0.25) is 0 Å². The quantitative estimate of drug-likeness (QED) is 0.748. The van der Waals surface area contributed by atoms with Crippen molar-refractivity contribution < 1.29 is 17.9 Å². The minimum atomic E-state index is -4.44. The number of alkyl halides is 3. The highest BCUT2D eigenvalue weighted by molar-refractivity contribution is 7.98. The molecule has 0 amide bonds. The van der Waals surface area contributed by atoms with Gasteiger partial charge in [0.15, 0.2) is 0 Å². The number of methoxy groups -OCH3 is 1. The number of halogens is 3. The molecule has 1 saturated heterocycles. The number of hydrogen-bond donors (Lipinski definition) is 1. The van der Waals surface area contributed by atoms with Gasteiger partial charge in [0.05, 0.1) is 12.7 Å². The molecular weight excluding hydrogens is 397 g/mol. The van der Waals surface area contributed by atoms with Crippen molar-refractivity contribution in [1.82, 2.24) is 5.32 Å². The van der Waals surface area contributed by atoms with Crippen molar-refractivity contribution in [3.05, 3.63) is 47.0 Å². The average Bonchev–Trinajstić information content (AvgIpc) is 2.88. The maximum absolute atomic E-state index is 13.8. The minimum absolute atomic E-state index is 0.221. The van der Waals surface area contributed by atoms with Crippen LogP contribution in [0.25, 0.3) is 11.1 Å². The van der Waals surface area contributed by atoms with Crippen LogP contribution >= 0.6 is 11.8 Å². The van der Waals surface area contributed by atoms with Crippen LogP contribution in [0.3, 0.4) is 0 Å². The Morgan fingerprint density at radius 3 is 2.86 bits per heavy atom. The standard InChI is InChI=1S/C22H23F3N2OS/c1-28-15-2-3-16(19(10-15)22(23,24)25)13-8-14-12-29-7-6-27-20-4-5-26-11-18(20)17(9-13)21(14)27/h2-3,8-10,18,20,26H,4-7,11-12H2,1H3. The maximum atomic E-state index is 13.8. The zero-order chi connectivity index (χ0) is 20.2. The van der Waals surface area contributed by atoms with Crippen LogP contribution in [-0.4, -0.2) is 38.5 Å². The molecule has 29 heavy (non-hydrogen) atoms. The summed E-state index contributed by atoms with van der Waals surface area (Å²) in [6.45, 7) is 2.90. The highest BCUT2D eigenvalue weighted by Gasteiger charge is 2.42. The van der Waals surface area contributed by atoms with Crippen molar-refractivity contribution in [2.45, 2.75) is 30.3 Å². The van der Waals surface area contributed by atoms with Gasteiger partial charge in [-0.2, -0.15) is 24.9 Å². The molecule has 0 spiro atoms. The molecule has 3 aliphatic rings. The Balaban J connectivity index is 1.69.